The van der Waals surface area contributed by atoms with Crippen LogP contribution < -0.4 is 10.5 Å². The third-order valence-electron chi connectivity index (χ3n) is 5.48. The summed E-state index contributed by atoms with van der Waals surface area (Å²) < 4.78 is 52.6. The highest BCUT2D eigenvalue weighted by atomic mass is 35.5. The number of carbonyl (C=O) groups is 1. The Hall–Kier alpha value is -2.00. The zero-order valence-electron chi connectivity index (χ0n) is 17.9. The molecule has 10 heteroatoms. The van der Waals surface area contributed by atoms with Crippen molar-refractivity contribution in [2.24, 2.45) is 17.6 Å². The van der Waals surface area contributed by atoms with Crippen molar-refractivity contribution in [1.29, 1.82) is 0 Å². The zero-order valence-corrected chi connectivity index (χ0v) is 19.5. The maximum atomic E-state index is 12.4. The van der Waals surface area contributed by atoms with E-state index in [0.717, 1.165) is 11.1 Å². The molecule has 0 bridgehead atoms. The highest BCUT2D eigenvalue weighted by Gasteiger charge is 2.34. The largest absolute Gasteiger partial charge is 0.573 e. The molecule has 2 aromatic rings. The van der Waals surface area contributed by atoms with Crippen LogP contribution in [0.1, 0.15) is 18.1 Å². The van der Waals surface area contributed by atoms with Crippen LogP contribution in [0.3, 0.4) is 0 Å². The minimum Gasteiger partial charge on any atom is -0.461 e. The molecule has 5 nitrogen and oxygen atoms in total. The van der Waals surface area contributed by atoms with Gasteiger partial charge in [-0.25, -0.2) is 0 Å². The van der Waals surface area contributed by atoms with Crippen LogP contribution in [0.4, 0.5) is 13.2 Å². The smallest absolute Gasteiger partial charge is 0.461 e. The summed E-state index contributed by atoms with van der Waals surface area (Å²) in [7, 11) is 0. The molecule has 33 heavy (non-hydrogen) atoms. The first-order valence-corrected chi connectivity index (χ1v) is 10.6. The number of halogens is 5. The topological polar surface area (TPSA) is 70.8 Å². The predicted octanol–water partition coefficient (Wildman–Crippen LogP) is 4.97. The van der Waals surface area contributed by atoms with E-state index in [0.29, 0.717) is 24.5 Å². The summed E-state index contributed by atoms with van der Waals surface area (Å²) in [4.78, 5) is 12.2. The van der Waals surface area contributed by atoms with Crippen LogP contribution in [0.2, 0.25) is 5.02 Å². The van der Waals surface area contributed by atoms with Crippen LogP contribution in [-0.4, -0.2) is 37.7 Å². The Bertz CT molecular complexity index is 894. The molecule has 2 N–H and O–H groups in total. The van der Waals surface area contributed by atoms with Gasteiger partial charge in [0.15, 0.2) is 0 Å². The Balaban J connectivity index is 0.00000385. The number of carbonyl (C=O) groups excluding carboxylic acids is 1. The van der Waals surface area contributed by atoms with Crippen molar-refractivity contribution >= 4 is 30.0 Å². The van der Waals surface area contributed by atoms with E-state index in [2.05, 4.69) is 4.74 Å². The third-order valence-corrected chi connectivity index (χ3v) is 5.73. The van der Waals surface area contributed by atoms with E-state index < -0.39 is 24.5 Å². The highest BCUT2D eigenvalue weighted by molar-refractivity contribution is 6.30. The standard InChI is InChI=1S/C23H25ClF3NO4.ClH/c1-14-20(11-16-4-8-19(9-5-16)32-23(25,26)27)17(10-15-2-6-18(24)7-3-15)12-30-13-21(28)22(29)31-14;/h2-9,14,17,20-21H,10-13,28H2,1H3;1H/t14-,17-,20-,21-;/m0./s1. The number of ether oxygens (including phenoxy) is 3. The number of hydrogen-bond acceptors (Lipinski definition) is 5. The minimum absolute atomic E-state index is 0. The highest BCUT2D eigenvalue weighted by Crippen LogP contribution is 2.30. The molecule has 0 spiro atoms. The van der Waals surface area contributed by atoms with Gasteiger partial charge in [0.25, 0.3) is 0 Å². The summed E-state index contributed by atoms with van der Waals surface area (Å²) in [6.07, 6.45) is -4.10. The first-order valence-electron chi connectivity index (χ1n) is 10.2. The van der Waals surface area contributed by atoms with Crippen LogP contribution in [0.25, 0.3) is 0 Å². The van der Waals surface area contributed by atoms with E-state index >= 15 is 0 Å². The molecule has 0 radical (unpaired) electrons. The lowest BCUT2D eigenvalue weighted by molar-refractivity contribution is -0.274. The SMILES string of the molecule is C[C@@H]1OC(=O)[C@@H](N)COC[C@H](Cc2ccc(Cl)cc2)[C@H]1Cc1ccc(OC(F)(F)F)cc1.Cl. The van der Waals surface area contributed by atoms with Gasteiger partial charge in [-0.3, -0.25) is 4.79 Å². The van der Waals surface area contributed by atoms with Gasteiger partial charge in [0, 0.05) is 10.9 Å². The molecule has 1 fully saturated rings. The van der Waals surface area contributed by atoms with E-state index in [4.69, 9.17) is 26.8 Å². The summed E-state index contributed by atoms with van der Waals surface area (Å²) in [6.45, 7) is 2.21. The number of rotatable bonds is 5. The fraction of sp³-hybridized carbons (Fsp3) is 0.435. The number of nitrogens with two attached hydrogens (primary N) is 1. The summed E-state index contributed by atoms with van der Waals surface area (Å²) in [5.74, 6) is -1.02. The Morgan fingerprint density at radius 2 is 1.61 bits per heavy atom. The molecule has 4 atom stereocenters. The average Bonchev–Trinajstić information content (AvgIpc) is 2.76. The lowest BCUT2D eigenvalue weighted by Crippen LogP contribution is -2.39. The Morgan fingerprint density at radius 1 is 1.03 bits per heavy atom. The predicted molar refractivity (Wildman–Crippen MR) is 121 cm³/mol. The molecular formula is C23H26Cl2F3NO4. The van der Waals surface area contributed by atoms with Gasteiger partial charge in [-0.2, -0.15) is 0 Å². The van der Waals surface area contributed by atoms with Crippen LogP contribution in [0.5, 0.6) is 5.75 Å². The van der Waals surface area contributed by atoms with Gasteiger partial charge >= 0.3 is 12.3 Å². The van der Waals surface area contributed by atoms with Gasteiger partial charge in [-0.15, -0.1) is 25.6 Å². The molecule has 0 saturated carbocycles. The lowest BCUT2D eigenvalue weighted by atomic mass is 9.80. The van der Waals surface area contributed by atoms with Gasteiger partial charge in [-0.1, -0.05) is 35.9 Å². The second kappa shape index (κ2) is 11.9. The fourth-order valence-electron chi connectivity index (χ4n) is 3.84. The van der Waals surface area contributed by atoms with Crippen LogP contribution >= 0.6 is 24.0 Å². The molecule has 2 aromatic carbocycles. The maximum Gasteiger partial charge on any atom is 0.573 e. The number of benzene rings is 2. The quantitative estimate of drug-likeness (QED) is 0.578. The van der Waals surface area contributed by atoms with Crippen molar-refractivity contribution < 1.29 is 32.2 Å². The molecule has 1 saturated heterocycles. The first kappa shape index (κ1) is 27.2. The van der Waals surface area contributed by atoms with Crippen molar-refractivity contribution in [3.63, 3.8) is 0 Å². The molecular weight excluding hydrogens is 482 g/mol. The normalized spacial score (nSPS) is 24.0. The average molecular weight is 508 g/mol. The summed E-state index contributed by atoms with van der Waals surface area (Å²) in [5.41, 5.74) is 7.67. The van der Waals surface area contributed by atoms with Crippen molar-refractivity contribution in [2.75, 3.05) is 13.2 Å². The first-order chi connectivity index (χ1) is 15.1. The second-order valence-electron chi connectivity index (χ2n) is 7.94. The van der Waals surface area contributed by atoms with E-state index in [9.17, 15) is 18.0 Å². The molecule has 0 unspecified atom stereocenters. The molecule has 0 amide bonds. The minimum atomic E-state index is -4.75. The van der Waals surface area contributed by atoms with Crippen molar-refractivity contribution in [2.45, 2.75) is 38.3 Å². The molecule has 1 heterocycles. The van der Waals surface area contributed by atoms with Gasteiger partial charge in [-0.05, 0) is 61.1 Å². The Kier molecular flexibility index (Phi) is 9.84. The van der Waals surface area contributed by atoms with E-state index in [-0.39, 0.29) is 36.6 Å². The van der Waals surface area contributed by atoms with Crippen LogP contribution in [0.15, 0.2) is 48.5 Å². The molecule has 1 aliphatic heterocycles. The third kappa shape index (κ3) is 8.37. The van der Waals surface area contributed by atoms with E-state index in [1.807, 2.05) is 12.1 Å². The van der Waals surface area contributed by atoms with Gasteiger partial charge < -0.3 is 19.9 Å². The number of alkyl halides is 3. The van der Waals surface area contributed by atoms with Crippen LogP contribution in [-0.2, 0) is 27.1 Å². The van der Waals surface area contributed by atoms with Gasteiger partial charge in [0.1, 0.15) is 17.9 Å². The Labute approximate surface area is 201 Å². The fourth-order valence-corrected chi connectivity index (χ4v) is 3.97. The van der Waals surface area contributed by atoms with Gasteiger partial charge in [0.2, 0.25) is 0 Å². The number of hydrogen-bond donors (Lipinski definition) is 1. The van der Waals surface area contributed by atoms with E-state index in [1.165, 1.54) is 12.1 Å². The van der Waals surface area contributed by atoms with Crippen molar-refractivity contribution in [1.82, 2.24) is 0 Å². The van der Waals surface area contributed by atoms with Gasteiger partial charge in [0.05, 0.1) is 13.2 Å². The summed E-state index contributed by atoms with van der Waals surface area (Å²) >= 11 is 5.99. The maximum absolute atomic E-state index is 12.4. The molecule has 0 aliphatic carbocycles. The molecule has 3 rings (SSSR count). The van der Waals surface area contributed by atoms with Crippen molar-refractivity contribution in [3.05, 3.63) is 64.7 Å². The second-order valence-corrected chi connectivity index (χ2v) is 8.37. The lowest BCUT2D eigenvalue weighted by Gasteiger charge is -2.31. The van der Waals surface area contributed by atoms with E-state index in [1.54, 1.807) is 31.2 Å². The number of cyclic esters (lactones) is 1. The van der Waals surface area contributed by atoms with Crippen molar-refractivity contribution in [3.8, 4) is 5.75 Å². The monoisotopic (exact) mass is 507 g/mol. The molecule has 1 aliphatic rings. The molecule has 0 aromatic heterocycles. The zero-order chi connectivity index (χ0) is 23.3. The summed E-state index contributed by atoms with van der Waals surface area (Å²) in [5, 5.41) is 0.630. The van der Waals surface area contributed by atoms with Crippen LogP contribution in [0, 0.1) is 11.8 Å². The molecule has 182 valence electrons. The summed E-state index contributed by atoms with van der Waals surface area (Å²) in [6, 6.07) is 12.3. The Morgan fingerprint density at radius 3 is 2.21 bits per heavy atom. The number of esters is 1.